The van der Waals surface area contributed by atoms with Crippen LogP contribution in [0.5, 0.6) is 5.75 Å². The maximum Gasteiger partial charge on any atom is 0.222 e. The number of halogens is 2. The number of amides is 1. The normalized spacial score (nSPS) is 25.0. The van der Waals surface area contributed by atoms with Gasteiger partial charge in [-0.25, -0.2) is 8.78 Å². The van der Waals surface area contributed by atoms with Crippen molar-refractivity contribution in [3.8, 4) is 5.75 Å². The molecule has 3 rings (SSSR count). The van der Waals surface area contributed by atoms with E-state index in [1.54, 1.807) is 4.90 Å². The number of methoxy groups -OCH3 is 1. The van der Waals surface area contributed by atoms with Gasteiger partial charge in [-0.15, -0.1) is 0 Å². The van der Waals surface area contributed by atoms with E-state index in [4.69, 9.17) is 9.47 Å². The topological polar surface area (TPSA) is 38.8 Å². The molecule has 22 heavy (non-hydrogen) atoms. The molecule has 6 heteroatoms. The van der Waals surface area contributed by atoms with E-state index in [1.165, 1.54) is 19.2 Å². The summed E-state index contributed by atoms with van der Waals surface area (Å²) in [6.45, 7) is 1.71. The van der Waals surface area contributed by atoms with Crippen LogP contribution in [0.25, 0.3) is 0 Å². The first-order valence-electron chi connectivity index (χ1n) is 7.41. The molecular formula is C16H19F2NO3. The Kier molecular flexibility index (Phi) is 4.04. The van der Waals surface area contributed by atoms with Crippen molar-refractivity contribution >= 4 is 5.91 Å². The highest BCUT2D eigenvalue weighted by atomic mass is 19.1. The second kappa shape index (κ2) is 5.83. The first-order chi connectivity index (χ1) is 10.5. The third-order valence-electron chi connectivity index (χ3n) is 4.65. The zero-order valence-electron chi connectivity index (χ0n) is 12.5. The molecule has 0 aliphatic carbocycles. The van der Waals surface area contributed by atoms with Crippen molar-refractivity contribution in [2.24, 2.45) is 5.41 Å². The summed E-state index contributed by atoms with van der Waals surface area (Å²) in [5.74, 6) is -1.48. The monoisotopic (exact) mass is 311 g/mol. The minimum atomic E-state index is -0.738. The lowest BCUT2D eigenvalue weighted by molar-refractivity contribution is -0.138. The third-order valence-corrected chi connectivity index (χ3v) is 4.65. The Morgan fingerprint density at radius 1 is 1.36 bits per heavy atom. The molecule has 1 spiro atoms. The van der Waals surface area contributed by atoms with Gasteiger partial charge in [0.1, 0.15) is 5.82 Å². The molecule has 2 aliphatic heterocycles. The van der Waals surface area contributed by atoms with Gasteiger partial charge in [0.2, 0.25) is 5.91 Å². The van der Waals surface area contributed by atoms with Gasteiger partial charge in [-0.3, -0.25) is 4.79 Å². The number of rotatable bonds is 3. The van der Waals surface area contributed by atoms with Crippen molar-refractivity contribution in [3.05, 3.63) is 29.3 Å². The molecule has 0 N–H and O–H groups in total. The number of carbonyl (C=O) groups is 1. The molecule has 0 bridgehead atoms. The van der Waals surface area contributed by atoms with Gasteiger partial charge in [-0.1, -0.05) is 0 Å². The van der Waals surface area contributed by atoms with E-state index in [0.717, 1.165) is 12.8 Å². The predicted octanol–water partition coefficient (Wildman–Crippen LogP) is 2.50. The third kappa shape index (κ3) is 2.67. The summed E-state index contributed by atoms with van der Waals surface area (Å²) < 4.78 is 38.6. The molecule has 1 amide bonds. The van der Waals surface area contributed by atoms with E-state index in [9.17, 15) is 13.6 Å². The largest absolute Gasteiger partial charge is 0.494 e. The Balaban J connectivity index is 1.84. The lowest BCUT2D eigenvalue weighted by Crippen LogP contribution is -2.46. The Morgan fingerprint density at radius 3 is 2.86 bits per heavy atom. The zero-order chi connectivity index (χ0) is 15.7. The summed E-state index contributed by atoms with van der Waals surface area (Å²) in [7, 11) is 1.33. The molecule has 120 valence electrons. The van der Waals surface area contributed by atoms with Crippen LogP contribution in [-0.2, 0) is 16.1 Å². The van der Waals surface area contributed by atoms with E-state index in [0.29, 0.717) is 26.2 Å². The standard InChI is InChI=1S/C16H19F2NO3/c1-21-13-3-2-12(17)11(15(13)18)8-19-9-16(5-4-14(19)20)6-7-22-10-16/h2-3H,4-10H2,1H3/t16-/m1/s1. The SMILES string of the molecule is COc1ccc(F)c(CN2C[C@]3(CCOC3)CCC2=O)c1F. The van der Waals surface area contributed by atoms with Crippen LogP contribution in [-0.4, -0.2) is 37.7 Å². The average Bonchev–Trinajstić information content (AvgIpc) is 2.96. The van der Waals surface area contributed by atoms with Crippen molar-refractivity contribution in [1.29, 1.82) is 0 Å². The number of carbonyl (C=O) groups excluding carboxylic acids is 1. The van der Waals surface area contributed by atoms with Gasteiger partial charge in [0.25, 0.3) is 0 Å². The smallest absolute Gasteiger partial charge is 0.222 e. The van der Waals surface area contributed by atoms with Gasteiger partial charge >= 0.3 is 0 Å². The highest BCUT2D eigenvalue weighted by molar-refractivity contribution is 5.77. The summed E-state index contributed by atoms with van der Waals surface area (Å²) >= 11 is 0. The molecule has 2 saturated heterocycles. The Morgan fingerprint density at radius 2 is 2.18 bits per heavy atom. The van der Waals surface area contributed by atoms with E-state index in [-0.39, 0.29) is 29.2 Å². The van der Waals surface area contributed by atoms with Crippen LogP contribution in [0, 0.1) is 17.0 Å². The average molecular weight is 311 g/mol. The fraction of sp³-hybridized carbons (Fsp3) is 0.562. The lowest BCUT2D eigenvalue weighted by Gasteiger charge is -2.39. The van der Waals surface area contributed by atoms with E-state index in [2.05, 4.69) is 0 Å². The molecule has 0 radical (unpaired) electrons. The summed E-state index contributed by atoms with van der Waals surface area (Å²) in [4.78, 5) is 13.7. The second-order valence-electron chi connectivity index (χ2n) is 6.09. The van der Waals surface area contributed by atoms with Crippen LogP contribution < -0.4 is 4.74 Å². The van der Waals surface area contributed by atoms with Crippen LogP contribution in [0.2, 0.25) is 0 Å². The van der Waals surface area contributed by atoms with Crippen molar-refractivity contribution in [2.75, 3.05) is 26.9 Å². The minimum Gasteiger partial charge on any atom is -0.494 e. The summed E-state index contributed by atoms with van der Waals surface area (Å²) in [6, 6.07) is 2.42. The number of likely N-dealkylation sites (tertiary alicyclic amines) is 1. The second-order valence-corrected chi connectivity index (χ2v) is 6.09. The highest BCUT2D eigenvalue weighted by Gasteiger charge is 2.41. The fourth-order valence-corrected chi connectivity index (χ4v) is 3.29. The number of hydrogen-bond donors (Lipinski definition) is 0. The molecule has 1 atom stereocenters. The molecule has 0 aromatic heterocycles. The Hall–Kier alpha value is -1.69. The molecule has 0 saturated carbocycles. The van der Waals surface area contributed by atoms with Crippen LogP contribution in [0.15, 0.2) is 12.1 Å². The number of ether oxygens (including phenoxy) is 2. The van der Waals surface area contributed by atoms with Gasteiger partial charge in [0, 0.05) is 30.6 Å². The summed E-state index contributed by atoms with van der Waals surface area (Å²) in [6.07, 6.45) is 2.07. The molecule has 2 heterocycles. The van der Waals surface area contributed by atoms with E-state index >= 15 is 0 Å². The van der Waals surface area contributed by atoms with Gasteiger partial charge in [-0.05, 0) is 25.0 Å². The molecule has 1 aromatic rings. The molecule has 0 unspecified atom stereocenters. The first-order valence-corrected chi connectivity index (χ1v) is 7.41. The van der Waals surface area contributed by atoms with Gasteiger partial charge in [0.05, 0.1) is 20.3 Å². The summed E-state index contributed by atoms with van der Waals surface area (Å²) in [5, 5.41) is 0. The van der Waals surface area contributed by atoms with E-state index in [1.807, 2.05) is 0 Å². The number of nitrogens with zero attached hydrogens (tertiary/aromatic N) is 1. The molecule has 1 aromatic carbocycles. The zero-order valence-corrected chi connectivity index (χ0v) is 12.5. The van der Waals surface area contributed by atoms with Crippen LogP contribution in [0.4, 0.5) is 8.78 Å². The molecule has 2 fully saturated rings. The Bertz CT molecular complexity index is 585. The highest BCUT2D eigenvalue weighted by Crippen LogP contribution is 2.39. The number of piperidine rings is 1. The predicted molar refractivity (Wildman–Crippen MR) is 75.4 cm³/mol. The van der Waals surface area contributed by atoms with Crippen molar-refractivity contribution in [3.63, 3.8) is 0 Å². The van der Waals surface area contributed by atoms with Crippen LogP contribution in [0.1, 0.15) is 24.8 Å². The minimum absolute atomic E-state index is 0.0141. The number of benzene rings is 1. The van der Waals surface area contributed by atoms with Gasteiger partial charge in [-0.2, -0.15) is 0 Å². The maximum atomic E-state index is 14.3. The number of hydrogen-bond acceptors (Lipinski definition) is 3. The fourth-order valence-electron chi connectivity index (χ4n) is 3.29. The lowest BCUT2D eigenvalue weighted by atomic mass is 9.79. The van der Waals surface area contributed by atoms with E-state index < -0.39 is 11.6 Å². The van der Waals surface area contributed by atoms with Crippen LogP contribution >= 0.6 is 0 Å². The first kappa shape index (κ1) is 15.2. The molecule has 4 nitrogen and oxygen atoms in total. The quantitative estimate of drug-likeness (QED) is 0.861. The van der Waals surface area contributed by atoms with Gasteiger partial charge in [0.15, 0.2) is 11.6 Å². The van der Waals surface area contributed by atoms with Crippen LogP contribution in [0.3, 0.4) is 0 Å². The molecule has 2 aliphatic rings. The molecular weight excluding hydrogens is 292 g/mol. The van der Waals surface area contributed by atoms with Gasteiger partial charge < -0.3 is 14.4 Å². The Labute approximate surface area is 128 Å². The summed E-state index contributed by atoms with van der Waals surface area (Å²) in [5.41, 5.74) is -0.177. The van der Waals surface area contributed by atoms with Crippen molar-refractivity contribution in [1.82, 2.24) is 4.90 Å². The van der Waals surface area contributed by atoms with Crippen molar-refractivity contribution < 1.29 is 23.0 Å². The maximum absolute atomic E-state index is 14.3. The van der Waals surface area contributed by atoms with Crippen molar-refractivity contribution in [2.45, 2.75) is 25.8 Å².